The quantitative estimate of drug-likeness (QED) is 0.432. The highest BCUT2D eigenvalue weighted by Gasteiger charge is 2.32. The Bertz CT molecular complexity index is 1390. The molecule has 38 heavy (non-hydrogen) atoms. The minimum atomic E-state index is -3.69. The second kappa shape index (κ2) is 11.8. The van der Waals surface area contributed by atoms with Gasteiger partial charge >= 0.3 is 0 Å². The summed E-state index contributed by atoms with van der Waals surface area (Å²) in [5.74, 6) is 0.524. The van der Waals surface area contributed by atoms with Gasteiger partial charge in [0.1, 0.15) is 17.5 Å². The number of rotatable bonds is 9. The molecule has 1 heterocycles. The Morgan fingerprint density at radius 2 is 1.61 bits per heavy atom. The highest BCUT2D eigenvalue weighted by atomic mass is 32.2. The highest BCUT2D eigenvalue weighted by Crippen LogP contribution is 2.28. The van der Waals surface area contributed by atoms with Crippen LogP contribution >= 0.6 is 0 Å². The normalized spacial score (nSPS) is 15.6. The third-order valence-corrected chi connectivity index (χ3v) is 8.67. The first-order valence-corrected chi connectivity index (χ1v) is 13.9. The number of nitrogens with zero attached hydrogens (tertiary/aromatic N) is 1. The second-order valence-electron chi connectivity index (χ2n) is 9.34. The third-order valence-electron chi connectivity index (χ3n) is 6.71. The second-order valence-corrected chi connectivity index (χ2v) is 11.2. The molecule has 1 aliphatic heterocycles. The van der Waals surface area contributed by atoms with Gasteiger partial charge < -0.3 is 20.1 Å². The fourth-order valence-electron chi connectivity index (χ4n) is 4.78. The molecule has 1 fully saturated rings. The van der Waals surface area contributed by atoms with Gasteiger partial charge in [0.2, 0.25) is 21.8 Å². The Hall–Kier alpha value is -3.63. The average molecular weight is 540 g/mol. The molecule has 0 aliphatic carbocycles. The van der Waals surface area contributed by atoms with Crippen molar-refractivity contribution in [3.63, 3.8) is 0 Å². The molecule has 1 aliphatic rings. The van der Waals surface area contributed by atoms with E-state index in [9.17, 15) is 18.0 Å². The lowest BCUT2D eigenvalue weighted by molar-refractivity contribution is -0.128. The van der Waals surface area contributed by atoms with Gasteiger partial charge in [-0.25, -0.2) is 8.42 Å². The SMILES string of the molecule is COc1cc(C[C@H](NC(C)=O)C(=O)NC2CCN(S(=O)(=O)c3cccc4ccccc34)CC2)cc(OC)c1. The third kappa shape index (κ3) is 6.25. The summed E-state index contributed by atoms with van der Waals surface area (Å²) >= 11 is 0. The zero-order valence-electron chi connectivity index (χ0n) is 21.8. The van der Waals surface area contributed by atoms with Crippen LogP contribution in [0.1, 0.15) is 25.3 Å². The van der Waals surface area contributed by atoms with Gasteiger partial charge in [-0.05, 0) is 42.0 Å². The molecule has 9 nitrogen and oxygen atoms in total. The minimum absolute atomic E-state index is 0.211. The van der Waals surface area contributed by atoms with Gasteiger partial charge in [-0.1, -0.05) is 36.4 Å². The molecule has 1 atom stereocenters. The monoisotopic (exact) mass is 539 g/mol. The number of carbonyl (C=O) groups is 2. The first-order chi connectivity index (χ1) is 18.2. The summed E-state index contributed by atoms with van der Waals surface area (Å²) in [6.45, 7) is 1.94. The maximum absolute atomic E-state index is 13.4. The zero-order chi connectivity index (χ0) is 27.3. The molecule has 0 bridgehead atoms. The lowest BCUT2D eigenvalue weighted by atomic mass is 10.0. The van der Waals surface area contributed by atoms with E-state index in [1.165, 1.54) is 11.2 Å². The summed E-state index contributed by atoms with van der Waals surface area (Å²) in [7, 11) is -0.597. The van der Waals surface area contributed by atoms with E-state index < -0.39 is 16.1 Å². The van der Waals surface area contributed by atoms with Crippen LogP contribution in [0.3, 0.4) is 0 Å². The van der Waals surface area contributed by atoms with Crippen molar-refractivity contribution in [3.8, 4) is 11.5 Å². The van der Waals surface area contributed by atoms with Crippen molar-refractivity contribution in [1.82, 2.24) is 14.9 Å². The fourth-order valence-corrected chi connectivity index (χ4v) is 6.46. The maximum Gasteiger partial charge on any atom is 0.243 e. The van der Waals surface area contributed by atoms with Crippen LogP contribution in [0.15, 0.2) is 65.6 Å². The van der Waals surface area contributed by atoms with E-state index in [2.05, 4.69) is 10.6 Å². The summed E-state index contributed by atoms with van der Waals surface area (Å²) in [6, 6.07) is 17.0. The van der Waals surface area contributed by atoms with Crippen LogP contribution in [0.4, 0.5) is 0 Å². The van der Waals surface area contributed by atoms with Gasteiger partial charge in [0.25, 0.3) is 0 Å². The number of methoxy groups -OCH3 is 2. The Balaban J connectivity index is 1.42. The number of amides is 2. The standard InChI is InChI=1S/C28H33N3O6S/c1-19(32)29-26(17-20-15-23(36-2)18-24(16-20)37-3)28(33)30-22-11-13-31(14-12-22)38(34,35)27-10-6-8-21-7-4-5-9-25(21)27/h4-10,15-16,18,22,26H,11-14,17H2,1-3H3,(H,29,32)(H,30,33)/t26-/m0/s1. The topological polar surface area (TPSA) is 114 Å². The summed E-state index contributed by atoms with van der Waals surface area (Å²) in [4.78, 5) is 25.3. The molecular weight excluding hydrogens is 506 g/mol. The van der Waals surface area contributed by atoms with E-state index in [-0.39, 0.29) is 42.3 Å². The van der Waals surface area contributed by atoms with Crippen LogP contribution in [0.2, 0.25) is 0 Å². The molecule has 3 aromatic carbocycles. The van der Waals surface area contributed by atoms with Crippen molar-refractivity contribution in [2.75, 3.05) is 27.3 Å². The van der Waals surface area contributed by atoms with Crippen LogP contribution in [-0.2, 0) is 26.0 Å². The summed E-state index contributed by atoms with van der Waals surface area (Å²) in [6.07, 6.45) is 1.18. The molecule has 1 saturated heterocycles. The number of fused-ring (bicyclic) bond motifs is 1. The predicted molar refractivity (Wildman–Crippen MR) is 145 cm³/mol. The number of hydrogen-bond acceptors (Lipinski definition) is 6. The van der Waals surface area contributed by atoms with Gasteiger partial charge in [0.05, 0.1) is 19.1 Å². The molecule has 2 N–H and O–H groups in total. The summed E-state index contributed by atoms with van der Waals surface area (Å²) < 4.78 is 39.0. The van der Waals surface area contributed by atoms with Crippen LogP contribution in [0, 0.1) is 0 Å². The molecule has 2 amide bonds. The van der Waals surface area contributed by atoms with Gasteiger partial charge in [0.15, 0.2) is 0 Å². The Labute approximate surface area is 223 Å². The van der Waals surface area contributed by atoms with E-state index in [0.29, 0.717) is 29.7 Å². The predicted octanol–water partition coefficient (Wildman–Crippen LogP) is 2.87. The van der Waals surface area contributed by atoms with E-state index >= 15 is 0 Å². The molecule has 0 aromatic heterocycles. The lowest BCUT2D eigenvalue weighted by Gasteiger charge is -2.32. The van der Waals surface area contributed by atoms with Crippen LogP contribution < -0.4 is 20.1 Å². The van der Waals surface area contributed by atoms with Crippen LogP contribution in [-0.4, -0.2) is 63.9 Å². The van der Waals surface area contributed by atoms with Gasteiger partial charge in [-0.3, -0.25) is 9.59 Å². The Kier molecular flexibility index (Phi) is 8.53. The van der Waals surface area contributed by atoms with Crippen molar-refractivity contribution in [2.24, 2.45) is 0 Å². The first kappa shape index (κ1) is 27.4. The van der Waals surface area contributed by atoms with Crippen molar-refractivity contribution in [1.29, 1.82) is 0 Å². The van der Waals surface area contributed by atoms with Crippen molar-refractivity contribution < 1.29 is 27.5 Å². The maximum atomic E-state index is 13.4. The van der Waals surface area contributed by atoms with E-state index in [0.717, 1.165) is 10.9 Å². The van der Waals surface area contributed by atoms with E-state index in [4.69, 9.17) is 9.47 Å². The number of sulfonamides is 1. The lowest BCUT2D eigenvalue weighted by Crippen LogP contribution is -2.53. The molecule has 0 unspecified atom stereocenters. The summed E-state index contributed by atoms with van der Waals surface area (Å²) in [5, 5.41) is 7.29. The molecule has 202 valence electrons. The Morgan fingerprint density at radius 3 is 2.24 bits per heavy atom. The van der Waals surface area contributed by atoms with Crippen molar-refractivity contribution in [2.45, 2.75) is 43.2 Å². The summed E-state index contributed by atoms with van der Waals surface area (Å²) in [5.41, 5.74) is 0.770. The molecule has 0 radical (unpaired) electrons. The van der Waals surface area contributed by atoms with Crippen molar-refractivity contribution >= 4 is 32.6 Å². The van der Waals surface area contributed by atoms with E-state index in [1.54, 1.807) is 44.6 Å². The largest absolute Gasteiger partial charge is 0.497 e. The van der Waals surface area contributed by atoms with Gasteiger partial charge in [-0.15, -0.1) is 0 Å². The first-order valence-electron chi connectivity index (χ1n) is 12.5. The molecule has 3 aromatic rings. The van der Waals surface area contributed by atoms with Crippen LogP contribution in [0.5, 0.6) is 11.5 Å². The number of carbonyl (C=O) groups excluding carboxylic acids is 2. The van der Waals surface area contributed by atoms with Crippen LogP contribution in [0.25, 0.3) is 10.8 Å². The van der Waals surface area contributed by atoms with Gasteiger partial charge in [-0.2, -0.15) is 4.31 Å². The zero-order valence-corrected chi connectivity index (χ0v) is 22.6. The molecule has 10 heteroatoms. The Morgan fingerprint density at radius 1 is 0.974 bits per heavy atom. The average Bonchev–Trinajstić information content (AvgIpc) is 2.92. The van der Waals surface area contributed by atoms with Gasteiger partial charge in [0, 0.05) is 43.9 Å². The number of benzene rings is 3. The molecule has 4 rings (SSSR count). The number of hydrogen-bond donors (Lipinski definition) is 2. The highest BCUT2D eigenvalue weighted by molar-refractivity contribution is 7.89. The molecule has 0 spiro atoms. The number of ether oxygens (including phenoxy) is 2. The number of piperidine rings is 1. The fraction of sp³-hybridized carbons (Fsp3) is 0.357. The molecular formula is C28H33N3O6S. The number of nitrogens with one attached hydrogen (secondary N) is 2. The molecule has 0 saturated carbocycles. The minimum Gasteiger partial charge on any atom is -0.497 e. The van der Waals surface area contributed by atoms with Crippen molar-refractivity contribution in [3.05, 3.63) is 66.2 Å². The smallest absolute Gasteiger partial charge is 0.243 e. The van der Waals surface area contributed by atoms with E-state index in [1.807, 2.05) is 30.3 Å².